The smallest absolute Gasteiger partial charge is 0.145 e. The highest BCUT2D eigenvalue weighted by Crippen LogP contribution is 2.48. The van der Waals surface area contributed by atoms with Gasteiger partial charge in [-0.1, -0.05) is 76.2 Å². The number of phenols is 2. The molecule has 0 saturated heterocycles. The molecular formula is C14H6Cl6O2. The first-order valence-corrected chi connectivity index (χ1v) is 7.86. The second-order valence-corrected chi connectivity index (χ2v) is 6.62. The van der Waals surface area contributed by atoms with Gasteiger partial charge < -0.3 is 10.2 Å². The predicted molar refractivity (Wildman–Crippen MR) is 94.4 cm³/mol. The van der Waals surface area contributed by atoms with Crippen LogP contribution in [0.5, 0.6) is 11.5 Å². The molecule has 0 unspecified atom stereocenters. The van der Waals surface area contributed by atoms with Crippen LogP contribution in [0.2, 0.25) is 30.1 Å². The van der Waals surface area contributed by atoms with Crippen LogP contribution in [0.25, 0.3) is 5.57 Å². The van der Waals surface area contributed by atoms with E-state index in [2.05, 4.69) is 6.58 Å². The van der Waals surface area contributed by atoms with Crippen molar-refractivity contribution in [2.24, 2.45) is 0 Å². The lowest BCUT2D eigenvalue weighted by atomic mass is 9.97. The van der Waals surface area contributed by atoms with Gasteiger partial charge in [0.15, 0.2) is 0 Å². The molecule has 0 aromatic heterocycles. The molecule has 2 aromatic carbocycles. The van der Waals surface area contributed by atoms with Gasteiger partial charge >= 0.3 is 0 Å². The highest BCUT2D eigenvalue weighted by Gasteiger charge is 2.23. The molecule has 0 aliphatic heterocycles. The van der Waals surface area contributed by atoms with E-state index in [4.69, 9.17) is 69.6 Å². The summed E-state index contributed by atoms with van der Waals surface area (Å²) < 4.78 is 0. The van der Waals surface area contributed by atoms with Crippen molar-refractivity contribution in [2.75, 3.05) is 0 Å². The quantitative estimate of drug-likeness (QED) is 0.511. The Hall–Kier alpha value is -0.480. The van der Waals surface area contributed by atoms with Crippen LogP contribution in [-0.4, -0.2) is 10.2 Å². The van der Waals surface area contributed by atoms with Gasteiger partial charge in [0, 0.05) is 11.1 Å². The Morgan fingerprint density at radius 2 is 1.00 bits per heavy atom. The lowest BCUT2D eigenvalue weighted by Gasteiger charge is -2.16. The number of rotatable bonds is 2. The Labute approximate surface area is 156 Å². The van der Waals surface area contributed by atoms with Crippen molar-refractivity contribution < 1.29 is 10.2 Å². The number of hydrogen-bond acceptors (Lipinski definition) is 2. The summed E-state index contributed by atoms with van der Waals surface area (Å²) in [6.45, 7) is 3.79. The van der Waals surface area contributed by atoms with E-state index in [1.54, 1.807) is 0 Å². The van der Waals surface area contributed by atoms with Gasteiger partial charge in [-0.3, -0.25) is 0 Å². The van der Waals surface area contributed by atoms with Gasteiger partial charge in [0.25, 0.3) is 0 Å². The minimum atomic E-state index is -0.384. The van der Waals surface area contributed by atoms with Crippen LogP contribution < -0.4 is 0 Å². The molecule has 116 valence electrons. The molecule has 0 aliphatic carbocycles. The van der Waals surface area contributed by atoms with Gasteiger partial charge in [0.05, 0.1) is 20.1 Å². The van der Waals surface area contributed by atoms with Crippen LogP contribution in [0.1, 0.15) is 11.1 Å². The average molecular weight is 419 g/mol. The first kappa shape index (κ1) is 17.9. The van der Waals surface area contributed by atoms with Crippen LogP contribution in [0.15, 0.2) is 18.7 Å². The standard InChI is InChI=1S/C14H6Cl6O2/c1-4(9-5(15)2-7(17)11(19)13(9)21)10-6(16)3-8(18)12(20)14(10)22/h2-3,21-22H,1H2. The zero-order chi connectivity index (χ0) is 16.8. The van der Waals surface area contributed by atoms with Gasteiger partial charge in [-0.15, -0.1) is 0 Å². The maximum absolute atomic E-state index is 10.2. The Morgan fingerprint density at radius 1 is 0.682 bits per heavy atom. The van der Waals surface area contributed by atoms with Crippen LogP contribution in [0, 0.1) is 0 Å². The fourth-order valence-electron chi connectivity index (χ4n) is 1.86. The fraction of sp³-hybridized carbons (Fsp3) is 0. The van der Waals surface area contributed by atoms with Crippen molar-refractivity contribution in [3.05, 3.63) is 60.0 Å². The lowest BCUT2D eigenvalue weighted by molar-refractivity contribution is 0.471. The maximum atomic E-state index is 10.2. The van der Waals surface area contributed by atoms with Gasteiger partial charge in [-0.25, -0.2) is 0 Å². The van der Waals surface area contributed by atoms with Crippen molar-refractivity contribution in [1.29, 1.82) is 0 Å². The number of halogens is 6. The number of hydrogen-bond donors (Lipinski definition) is 2. The molecule has 2 aromatic rings. The fourth-order valence-corrected chi connectivity index (χ4v) is 3.30. The highest BCUT2D eigenvalue weighted by molar-refractivity contribution is 6.46. The molecule has 2 N–H and O–H groups in total. The second-order valence-electron chi connectivity index (χ2n) is 4.23. The normalized spacial score (nSPS) is 10.8. The number of benzene rings is 2. The molecule has 0 spiro atoms. The summed E-state index contributed by atoms with van der Waals surface area (Å²) >= 11 is 35.6. The number of phenolic OH excluding ortho intramolecular Hbond substituents is 2. The molecule has 0 atom stereocenters. The summed E-state index contributed by atoms with van der Waals surface area (Å²) in [5, 5.41) is 20.4. The maximum Gasteiger partial charge on any atom is 0.145 e. The molecule has 0 radical (unpaired) electrons. The van der Waals surface area contributed by atoms with Gasteiger partial charge in [-0.05, 0) is 17.7 Å². The minimum absolute atomic E-state index is 0.0742. The molecule has 2 rings (SSSR count). The molecule has 0 bridgehead atoms. The summed E-state index contributed by atoms with van der Waals surface area (Å²) in [6.07, 6.45) is 0. The van der Waals surface area contributed by atoms with E-state index in [0.717, 1.165) is 0 Å². The first-order chi connectivity index (χ1) is 10.2. The van der Waals surface area contributed by atoms with E-state index in [1.165, 1.54) is 12.1 Å². The van der Waals surface area contributed by atoms with Gasteiger partial charge in [0.1, 0.15) is 21.5 Å². The van der Waals surface area contributed by atoms with Crippen LogP contribution >= 0.6 is 69.6 Å². The van der Waals surface area contributed by atoms with Crippen LogP contribution in [0.4, 0.5) is 0 Å². The Kier molecular flexibility index (Phi) is 5.33. The molecule has 0 aliphatic rings. The minimum Gasteiger partial charge on any atom is -0.506 e. The molecule has 2 nitrogen and oxygen atoms in total. The van der Waals surface area contributed by atoms with E-state index in [0.29, 0.717) is 0 Å². The van der Waals surface area contributed by atoms with E-state index in [9.17, 15) is 10.2 Å². The Morgan fingerprint density at radius 3 is 1.32 bits per heavy atom. The molecule has 0 fully saturated rings. The first-order valence-electron chi connectivity index (χ1n) is 5.59. The zero-order valence-corrected chi connectivity index (χ0v) is 15.1. The third-order valence-corrected chi connectivity index (χ3v) is 5.05. The van der Waals surface area contributed by atoms with Crippen LogP contribution in [-0.2, 0) is 0 Å². The Balaban J connectivity index is 2.75. The molecule has 22 heavy (non-hydrogen) atoms. The van der Waals surface area contributed by atoms with Crippen molar-refractivity contribution in [3.8, 4) is 11.5 Å². The largest absolute Gasteiger partial charge is 0.506 e. The molecule has 0 heterocycles. The van der Waals surface area contributed by atoms with Crippen molar-refractivity contribution in [1.82, 2.24) is 0 Å². The van der Waals surface area contributed by atoms with Crippen molar-refractivity contribution in [2.45, 2.75) is 0 Å². The van der Waals surface area contributed by atoms with Gasteiger partial charge in [-0.2, -0.15) is 0 Å². The Bertz CT molecular complexity index is 735. The van der Waals surface area contributed by atoms with Crippen molar-refractivity contribution >= 4 is 75.2 Å². The van der Waals surface area contributed by atoms with E-state index < -0.39 is 0 Å². The van der Waals surface area contributed by atoms with E-state index >= 15 is 0 Å². The summed E-state index contributed by atoms with van der Waals surface area (Å²) in [7, 11) is 0. The monoisotopic (exact) mass is 416 g/mol. The zero-order valence-electron chi connectivity index (χ0n) is 10.5. The molecule has 0 amide bonds. The number of aromatic hydroxyl groups is 2. The lowest BCUT2D eigenvalue weighted by Crippen LogP contribution is -1.93. The topological polar surface area (TPSA) is 40.5 Å². The molecule has 8 heteroatoms. The second kappa shape index (κ2) is 6.56. The van der Waals surface area contributed by atoms with E-state index in [-0.39, 0.29) is 58.3 Å². The average Bonchev–Trinajstić information content (AvgIpc) is 2.42. The summed E-state index contributed by atoms with van der Waals surface area (Å²) in [5.41, 5.74) is 0.264. The van der Waals surface area contributed by atoms with Crippen molar-refractivity contribution in [3.63, 3.8) is 0 Å². The SMILES string of the molecule is C=C(c1c(Cl)cc(Cl)c(Cl)c1O)c1c(Cl)cc(Cl)c(Cl)c1O. The third-order valence-electron chi connectivity index (χ3n) is 2.90. The third kappa shape index (κ3) is 2.96. The van der Waals surface area contributed by atoms with E-state index in [1.807, 2.05) is 0 Å². The predicted octanol–water partition coefficient (Wildman–Crippen LogP) is 7.08. The summed E-state index contributed by atoms with van der Waals surface area (Å²) in [6, 6.07) is 2.68. The highest BCUT2D eigenvalue weighted by atomic mass is 35.5. The molecular weight excluding hydrogens is 413 g/mol. The summed E-state index contributed by atoms with van der Waals surface area (Å²) in [5.74, 6) is -0.767. The van der Waals surface area contributed by atoms with Gasteiger partial charge in [0.2, 0.25) is 0 Å². The molecule has 0 saturated carbocycles. The summed E-state index contributed by atoms with van der Waals surface area (Å²) in [4.78, 5) is 0. The van der Waals surface area contributed by atoms with Crippen LogP contribution in [0.3, 0.4) is 0 Å².